The van der Waals surface area contributed by atoms with Gasteiger partial charge in [0.05, 0.1) is 12.7 Å². The highest BCUT2D eigenvalue weighted by Gasteiger charge is 2.22. The second-order valence-corrected chi connectivity index (χ2v) is 11.1. The van der Waals surface area contributed by atoms with Gasteiger partial charge in [0, 0.05) is 12.8 Å². The Morgan fingerprint density at radius 3 is 2.05 bits per heavy atom. The Kier molecular flexibility index (Phi) is 26.6. The van der Waals surface area contributed by atoms with E-state index in [2.05, 4.69) is 54.8 Å². The molecule has 0 bridgehead atoms. The maximum Gasteiger partial charge on any atom is 0.469 e. The lowest BCUT2D eigenvalue weighted by Crippen LogP contribution is -2.29. The predicted octanol–water partition coefficient (Wildman–Crippen LogP) is 7.36. The summed E-state index contributed by atoms with van der Waals surface area (Å²) in [5, 5.41) is 10.1. The van der Waals surface area contributed by atoms with E-state index < -0.39 is 38.6 Å². The van der Waals surface area contributed by atoms with Crippen molar-refractivity contribution in [1.29, 1.82) is 0 Å². The summed E-state index contributed by atoms with van der Waals surface area (Å²) in [5.74, 6) is -1.09. The first-order valence-electron chi connectivity index (χ1n) is 15.3. The molecule has 43 heavy (non-hydrogen) atoms. The van der Waals surface area contributed by atoms with Gasteiger partial charge < -0.3 is 24.4 Å². The van der Waals surface area contributed by atoms with E-state index in [-0.39, 0.29) is 19.4 Å². The third kappa shape index (κ3) is 30.7. The van der Waals surface area contributed by atoms with Crippen molar-refractivity contribution in [2.24, 2.45) is 0 Å². The number of hydrogen-bond donors (Lipinski definition) is 3. The molecular formula is C33H53O9P. The number of allylic oxidation sites excluding steroid dienone is 10. The van der Waals surface area contributed by atoms with E-state index in [1.165, 1.54) is 0 Å². The van der Waals surface area contributed by atoms with Gasteiger partial charge in [-0.3, -0.25) is 14.1 Å². The van der Waals surface area contributed by atoms with Gasteiger partial charge in [0.2, 0.25) is 0 Å². The number of phosphoric ester groups is 1. The van der Waals surface area contributed by atoms with Crippen molar-refractivity contribution in [2.45, 2.75) is 110 Å². The average molecular weight is 625 g/mol. The van der Waals surface area contributed by atoms with Crippen LogP contribution in [0.5, 0.6) is 0 Å². The van der Waals surface area contributed by atoms with Crippen LogP contribution in [-0.2, 0) is 28.2 Å². The Labute approximate surface area is 258 Å². The Balaban J connectivity index is 4.25. The second kappa shape index (κ2) is 28.2. The normalized spacial score (nSPS) is 14.3. The SMILES string of the molecule is CC/C=C\C/C=C\C/C=C\C/C=C\C=C/C(O)C/C=C\CCC(=O)OC[C@H](COP(=O)(O)O)OC(=O)CCCCCCC. The van der Waals surface area contributed by atoms with Crippen LogP contribution in [0.1, 0.15) is 97.3 Å². The molecule has 0 spiro atoms. The molecule has 0 aliphatic rings. The van der Waals surface area contributed by atoms with Gasteiger partial charge in [-0.05, 0) is 44.9 Å². The number of carbonyl (C=O) groups excluding carboxylic acids is 2. The molecule has 0 fully saturated rings. The van der Waals surface area contributed by atoms with Gasteiger partial charge >= 0.3 is 19.8 Å². The van der Waals surface area contributed by atoms with Crippen LogP contribution >= 0.6 is 7.82 Å². The third-order valence-corrected chi connectivity index (χ3v) is 6.32. The topological polar surface area (TPSA) is 140 Å². The molecule has 0 rings (SSSR count). The van der Waals surface area contributed by atoms with E-state index in [0.717, 1.165) is 51.4 Å². The molecule has 0 aromatic carbocycles. The zero-order valence-corrected chi connectivity index (χ0v) is 26.8. The highest BCUT2D eigenvalue weighted by atomic mass is 31.2. The highest BCUT2D eigenvalue weighted by molar-refractivity contribution is 7.46. The first-order chi connectivity index (χ1) is 20.7. The first kappa shape index (κ1) is 40.5. The molecule has 9 nitrogen and oxygen atoms in total. The van der Waals surface area contributed by atoms with Crippen molar-refractivity contribution in [2.75, 3.05) is 13.2 Å². The molecule has 1 unspecified atom stereocenters. The molecule has 0 amide bonds. The van der Waals surface area contributed by atoms with E-state index in [9.17, 15) is 19.3 Å². The van der Waals surface area contributed by atoms with Crippen molar-refractivity contribution in [1.82, 2.24) is 0 Å². The number of ether oxygens (including phenoxy) is 2. The van der Waals surface area contributed by atoms with E-state index in [1.807, 2.05) is 12.2 Å². The fourth-order valence-corrected chi connectivity index (χ4v) is 3.90. The van der Waals surface area contributed by atoms with Crippen molar-refractivity contribution in [3.8, 4) is 0 Å². The lowest BCUT2D eigenvalue weighted by atomic mass is 10.1. The summed E-state index contributed by atoms with van der Waals surface area (Å²) in [7, 11) is -4.78. The van der Waals surface area contributed by atoms with Crippen LogP contribution in [0, 0.1) is 0 Å². The zero-order valence-electron chi connectivity index (χ0n) is 25.9. The van der Waals surface area contributed by atoms with E-state index >= 15 is 0 Å². The largest absolute Gasteiger partial charge is 0.469 e. The Bertz CT molecular complexity index is 944. The molecular weight excluding hydrogens is 571 g/mol. The van der Waals surface area contributed by atoms with Gasteiger partial charge in [-0.2, -0.15) is 0 Å². The zero-order chi connectivity index (χ0) is 32.0. The lowest BCUT2D eigenvalue weighted by Gasteiger charge is -2.18. The van der Waals surface area contributed by atoms with Gasteiger partial charge in [-0.1, -0.05) is 112 Å². The quantitative estimate of drug-likeness (QED) is 0.0296. The summed E-state index contributed by atoms with van der Waals surface area (Å²) in [6, 6.07) is 0. The summed E-state index contributed by atoms with van der Waals surface area (Å²) in [6.07, 6.45) is 31.5. The number of unbranched alkanes of at least 4 members (excludes halogenated alkanes) is 4. The van der Waals surface area contributed by atoms with Crippen molar-refractivity contribution >= 4 is 19.8 Å². The summed E-state index contributed by atoms with van der Waals surface area (Å²) >= 11 is 0. The summed E-state index contributed by atoms with van der Waals surface area (Å²) in [6.45, 7) is 3.25. The summed E-state index contributed by atoms with van der Waals surface area (Å²) < 4.78 is 25.8. The monoisotopic (exact) mass is 624 g/mol. The fourth-order valence-electron chi connectivity index (χ4n) is 3.54. The average Bonchev–Trinajstić information content (AvgIpc) is 2.96. The first-order valence-corrected chi connectivity index (χ1v) is 16.9. The predicted molar refractivity (Wildman–Crippen MR) is 171 cm³/mol. The molecule has 2 atom stereocenters. The minimum Gasteiger partial charge on any atom is -0.462 e. The number of rotatable bonds is 26. The van der Waals surface area contributed by atoms with Crippen molar-refractivity contribution < 1.29 is 43.0 Å². The number of esters is 2. The summed E-state index contributed by atoms with van der Waals surface area (Å²) in [4.78, 5) is 42.1. The van der Waals surface area contributed by atoms with Crippen LogP contribution in [0.3, 0.4) is 0 Å². The fraction of sp³-hybridized carbons (Fsp3) is 0.576. The van der Waals surface area contributed by atoms with Gasteiger partial charge in [0.15, 0.2) is 6.10 Å². The van der Waals surface area contributed by atoms with Crippen LogP contribution in [0.2, 0.25) is 0 Å². The minimum atomic E-state index is -4.78. The molecule has 0 radical (unpaired) electrons. The Hall–Kier alpha value is -2.55. The molecule has 0 aromatic heterocycles. The van der Waals surface area contributed by atoms with Crippen LogP contribution in [0.25, 0.3) is 0 Å². The molecule has 3 N–H and O–H groups in total. The molecule has 0 aromatic rings. The van der Waals surface area contributed by atoms with Crippen LogP contribution in [0.15, 0.2) is 72.9 Å². The molecule has 0 saturated carbocycles. The molecule has 10 heteroatoms. The van der Waals surface area contributed by atoms with Crippen LogP contribution in [-0.4, -0.2) is 52.3 Å². The maximum absolute atomic E-state index is 12.1. The minimum absolute atomic E-state index is 0.0574. The molecule has 244 valence electrons. The molecule has 0 saturated heterocycles. The number of hydrogen-bond acceptors (Lipinski definition) is 7. The van der Waals surface area contributed by atoms with Crippen LogP contribution in [0.4, 0.5) is 0 Å². The molecule has 0 heterocycles. The lowest BCUT2D eigenvalue weighted by molar-refractivity contribution is -0.161. The second-order valence-electron chi connectivity index (χ2n) is 9.90. The Morgan fingerprint density at radius 1 is 0.744 bits per heavy atom. The van der Waals surface area contributed by atoms with Gasteiger partial charge in [-0.15, -0.1) is 0 Å². The van der Waals surface area contributed by atoms with Gasteiger partial charge in [0.1, 0.15) is 6.61 Å². The molecule has 0 aliphatic heterocycles. The van der Waals surface area contributed by atoms with Crippen molar-refractivity contribution in [3.63, 3.8) is 0 Å². The standard InChI is InChI=1S/C33H53O9P/c1-3-5-7-9-10-11-12-13-14-15-16-18-20-24-30(34)25-21-19-23-26-32(35)40-28-31(29-41-43(37,38)39)42-33(36)27-22-17-8-6-4-2/h5,7,10-11,13-14,16,18-21,24,30-31,34H,3-4,6,8-9,12,15,17,22-23,25-29H2,1-2H3,(H2,37,38,39)/b7-5-,11-10-,14-13-,18-16-,21-19-,24-20-/t30?,31-/m1/s1. The van der Waals surface area contributed by atoms with E-state index in [1.54, 1.807) is 24.3 Å². The van der Waals surface area contributed by atoms with E-state index in [4.69, 9.17) is 19.3 Å². The highest BCUT2D eigenvalue weighted by Crippen LogP contribution is 2.35. The van der Waals surface area contributed by atoms with Crippen LogP contribution < -0.4 is 0 Å². The number of phosphoric acid groups is 1. The molecule has 0 aliphatic carbocycles. The number of aliphatic hydroxyl groups is 1. The van der Waals surface area contributed by atoms with Gasteiger partial charge in [0.25, 0.3) is 0 Å². The third-order valence-electron chi connectivity index (χ3n) is 5.83. The van der Waals surface area contributed by atoms with Crippen molar-refractivity contribution in [3.05, 3.63) is 72.9 Å². The Morgan fingerprint density at radius 2 is 1.40 bits per heavy atom. The maximum atomic E-state index is 12.1. The van der Waals surface area contributed by atoms with Gasteiger partial charge in [-0.25, -0.2) is 4.57 Å². The number of carbonyl (C=O) groups is 2. The van der Waals surface area contributed by atoms with E-state index in [0.29, 0.717) is 19.3 Å². The summed E-state index contributed by atoms with van der Waals surface area (Å²) in [5.41, 5.74) is 0. The number of aliphatic hydroxyl groups excluding tert-OH is 1. The smallest absolute Gasteiger partial charge is 0.462 e.